The second kappa shape index (κ2) is 4.51. The molecular formula is C4H2F6O2S2. The zero-order chi connectivity index (χ0) is 11.6. The zero-order valence-electron chi connectivity index (χ0n) is 6.02. The summed E-state index contributed by atoms with van der Waals surface area (Å²) in [5, 5.41) is 8.06. The number of rotatable bonds is 3. The number of hydrogen-bond donors (Lipinski definition) is 1. The van der Waals surface area contributed by atoms with E-state index >= 15 is 0 Å². The first kappa shape index (κ1) is 13.8. The van der Waals surface area contributed by atoms with Gasteiger partial charge in [0.15, 0.2) is 4.58 Å². The lowest BCUT2D eigenvalue weighted by molar-refractivity contribution is -0.135. The molecule has 0 unspecified atom stereocenters. The summed E-state index contributed by atoms with van der Waals surface area (Å²) in [6.45, 7) is 0. The van der Waals surface area contributed by atoms with Crippen molar-refractivity contribution >= 4 is 29.5 Å². The molecule has 0 rings (SSSR count). The highest BCUT2D eigenvalue weighted by molar-refractivity contribution is 8.18. The molecule has 0 spiro atoms. The lowest BCUT2D eigenvalue weighted by Crippen LogP contribution is -2.22. The first-order chi connectivity index (χ1) is 6.01. The van der Waals surface area contributed by atoms with Crippen molar-refractivity contribution in [3.8, 4) is 0 Å². The van der Waals surface area contributed by atoms with E-state index < -0.39 is 45.1 Å². The first-order valence-corrected chi connectivity index (χ1v) is 4.49. The van der Waals surface area contributed by atoms with Gasteiger partial charge in [0.2, 0.25) is 0 Å². The van der Waals surface area contributed by atoms with Crippen LogP contribution in [0.1, 0.15) is 0 Å². The fourth-order valence-corrected chi connectivity index (χ4v) is 1.90. The van der Waals surface area contributed by atoms with Crippen LogP contribution in [-0.2, 0) is 4.79 Å². The Morgan fingerprint density at radius 2 is 1.29 bits per heavy atom. The van der Waals surface area contributed by atoms with E-state index in [1.165, 1.54) is 0 Å². The maximum absolute atomic E-state index is 11.6. The Morgan fingerprint density at radius 3 is 1.43 bits per heavy atom. The number of alkyl halides is 6. The molecular weight excluding hydrogens is 258 g/mol. The van der Waals surface area contributed by atoms with Crippen LogP contribution in [0.3, 0.4) is 0 Å². The summed E-state index contributed by atoms with van der Waals surface area (Å²) in [6, 6.07) is 0. The molecule has 0 radical (unpaired) electrons. The van der Waals surface area contributed by atoms with Crippen molar-refractivity contribution in [2.75, 3.05) is 0 Å². The summed E-state index contributed by atoms with van der Waals surface area (Å²) < 4.78 is 66.7. The number of thioether (sulfide) groups is 2. The summed E-state index contributed by atoms with van der Waals surface area (Å²) in [5.41, 5.74) is -10.0. The predicted molar refractivity (Wildman–Crippen MR) is 38.7 cm³/mol. The second-order valence-electron chi connectivity index (χ2n) is 1.80. The predicted octanol–water partition coefficient (Wildman–Crippen LogP) is 2.90. The lowest BCUT2D eigenvalue weighted by Gasteiger charge is -2.14. The normalized spacial score (nSPS) is 13.4. The Balaban J connectivity index is 4.40. The lowest BCUT2D eigenvalue weighted by atomic mass is 10.8. The molecule has 10 heteroatoms. The Bertz CT molecular complexity index is 195. The molecule has 0 aromatic carbocycles. The fourth-order valence-electron chi connectivity index (χ4n) is 0.368. The van der Waals surface area contributed by atoms with Crippen molar-refractivity contribution in [3.63, 3.8) is 0 Å². The molecule has 0 aliphatic rings. The van der Waals surface area contributed by atoms with Crippen LogP contribution in [0.2, 0.25) is 0 Å². The monoisotopic (exact) mass is 260 g/mol. The minimum absolute atomic E-state index is 1.22. The van der Waals surface area contributed by atoms with E-state index in [-0.39, 0.29) is 0 Å². The van der Waals surface area contributed by atoms with E-state index in [2.05, 4.69) is 0 Å². The van der Waals surface area contributed by atoms with Crippen LogP contribution in [0.4, 0.5) is 26.3 Å². The van der Waals surface area contributed by atoms with E-state index in [1.54, 1.807) is 0 Å². The average molecular weight is 260 g/mol. The van der Waals surface area contributed by atoms with Gasteiger partial charge >= 0.3 is 17.0 Å². The van der Waals surface area contributed by atoms with Gasteiger partial charge in [-0.15, -0.1) is 0 Å². The van der Waals surface area contributed by atoms with Crippen LogP contribution in [0.15, 0.2) is 0 Å². The number of carboxylic acid groups (broad SMARTS) is 1. The van der Waals surface area contributed by atoms with Crippen molar-refractivity contribution in [2.24, 2.45) is 0 Å². The molecule has 0 aromatic heterocycles. The number of carbonyl (C=O) groups is 1. The summed E-state index contributed by atoms with van der Waals surface area (Å²) >= 11 is -2.44. The minimum atomic E-state index is -5.01. The van der Waals surface area contributed by atoms with Crippen molar-refractivity contribution in [2.45, 2.75) is 15.6 Å². The first-order valence-electron chi connectivity index (χ1n) is 2.73. The van der Waals surface area contributed by atoms with Crippen LogP contribution in [0, 0.1) is 0 Å². The van der Waals surface area contributed by atoms with Gasteiger partial charge in [-0.1, -0.05) is 0 Å². The Kier molecular flexibility index (Phi) is 4.43. The number of carboxylic acids is 1. The quantitative estimate of drug-likeness (QED) is 0.625. The summed E-state index contributed by atoms with van der Waals surface area (Å²) in [4.78, 5) is 10.0. The van der Waals surface area contributed by atoms with E-state index in [0.717, 1.165) is 0 Å². The van der Waals surface area contributed by atoms with Crippen molar-refractivity contribution in [3.05, 3.63) is 0 Å². The van der Waals surface area contributed by atoms with Gasteiger partial charge in [0.25, 0.3) is 0 Å². The Morgan fingerprint density at radius 1 is 1.00 bits per heavy atom. The molecule has 1 N–H and O–H groups in total. The van der Waals surface area contributed by atoms with E-state index in [4.69, 9.17) is 5.11 Å². The standard InChI is InChI=1S/C4H2F6O2S2/c5-3(6,7)13-2(1(11)12)14-4(8,9)10/h2H,(H,11,12). The Labute approximate surface area is 82.0 Å². The number of halogens is 6. The van der Waals surface area contributed by atoms with Gasteiger partial charge < -0.3 is 5.11 Å². The highest BCUT2D eigenvalue weighted by Crippen LogP contribution is 2.44. The van der Waals surface area contributed by atoms with Gasteiger partial charge in [-0.25, -0.2) is 0 Å². The molecule has 0 heterocycles. The van der Waals surface area contributed by atoms with Gasteiger partial charge in [0.1, 0.15) is 0 Å². The minimum Gasteiger partial charge on any atom is -0.480 e. The summed E-state index contributed by atoms with van der Waals surface area (Å²) in [5.74, 6) is -2.17. The molecule has 0 saturated carbocycles. The van der Waals surface area contributed by atoms with Crippen molar-refractivity contribution in [1.82, 2.24) is 0 Å². The highest BCUT2D eigenvalue weighted by atomic mass is 32.2. The van der Waals surface area contributed by atoms with Crippen LogP contribution < -0.4 is 0 Å². The largest absolute Gasteiger partial charge is 0.480 e. The van der Waals surface area contributed by atoms with E-state index in [1.807, 2.05) is 0 Å². The Hall–Kier alpha value is -0.250. The van der Waals surface area contributed by atoms with Crippen molar-refractivity contribution < 1.29 is 36.2 Å². The third-order valence-electron chi connectivity index (χ3n) is 0.683. The average Bonchev–Trinajstić information content (AvgIpc) is 1.78. The molecule has 0 aromatic rings. The maximum atomic E-state index is 11.6. The number of hydrogen-bond acceptors (Lipinski definition) is 3. The van der Waals surface area contributed by atoms with Gasteiger partial charge in [-0.3, -0.25) is 4.79 Å². The van der Waals surface area contributed by atoms with Crippen LogP contribution in [0.5, 0.6) is 0 Å². The SMILES string of the molecule is O=C(O)C(SC(F)(F)F)SC(F)(F)F. The summed E-state index contributed by atoms with van der Waals surface area (Å²) in [6.07, 6.45) is 0. The highest BCUT2D eigenvalue weighted by Gasteiger charge is 2.43. The zero-order valence-corrected chi connectivity index (χ0v) is 7.65. The van der Waals surface area contributed by atoms with Gasteiger partial charge in [-0.05, 0) is 23.5 Å². The molecule has 0 aliphatic carbocycles. The molecule has 2 nitrogen and oxygen atoms in total. The van der Waals surface area contributed by atoms with Gasteiger partial charge in [-0.2, -0.15) is 26.3 Å². The van der Waals surface area contributed by atoms with Crippen LogP contribution in [0.25, 0.3) is 0 Å². The van der Waals surface area contributed by atoms with Crippen LogP contribution in [-0.4, -0.2) is 26.7 Å². The van der Waals surface area contributed by atoms with E-state index in [9.17, 15) is 31.1 Å². The fraction of sp³-hybridized carbons (Fsp3) is 0.750. The maximum Gasteiger partial charge on any atom is 0.443 e. The topological polar surface area (TPSA) is 37.3 Å². The molecule has 0 saturated heterocycles. The third-order valence-corrected chi connectivity index (χ3v) is 2.63. The molecule has 0 amide bonds. The second-order valence-corrected chi connectivity index (χ2v) is 4.44. The van der Waals surface area contributed by atoms with Crippen molar-refractivity contribution in [1.29, 1.82) is 0 Å². The third kappa shape index (κ3) is 7.18. The summed E-state index contributed by atoms with van der Waals surface area (Å²) in [7, 11) is 0. The molecule has 14 heavy (non-hydrogen) atoms. The molecule has 0 fully saturated rings. The van der Waals surface area contributed by atoms with Gasteiger partial charge in [0, 0.05) is 0 Å². The smallest absolute Gasteiger partial charge is 0.443 e. The molecule has 0 bridgehead atoms. The molecule has 0 atom stereocenters. The van der Waals surface area contributed by atoms with Crippen LogP contribution >= 0.6 is 23.5 Å². The van der Waals surface area contributed by atoms with E-state index in [0.29, 0.717) is 0 Å². The van der Waals surface area contributed by atoms with Gasteiger partial charge in [0.05, 0.1) is 0 Å². The number of aliphatic carboxylic acids is 1. The molecule has 0 aliphatic heterocycles. The molecule has 84 valence electrons.